The minimum Gasteiger partial charge on any atom is -0.463 e. The number of allylic oxidation sites excluding steroid dienone is 1. The van der Waals surface area contributed by atoms with Crippen LogP contribution in [0.5, 0.6) is 0 Å². The molecule has 0 unspecified atom stereocenters. The Labute approximate surface area is 200 Å². The molecule has 4 rings (SSSR count). The molecule has 2 aromatic heterocycles. The third-order valence-corrected chi connectivity index (χ3v) is 6.65. The van der Waals surface area contributed by atoms with Crippen LogP contribution in [0.25, 0.3) is 6.08 Å². The van der Waals surface area contributed by atoms with Gasteiger partial charge in [0.05, 0.1) is 28.5 Å². The third-order valence-electron chi connectivity index (χ3n) is 5.66. The number of hydrogen-bond donors (Lipinski definition) is 0. The summed E-state index contributed by atoms with van der Waals surface area (Å²) in [6, 6.07) is 8.66. The van der Waals surface area contributed by atoms with E-state index in [0.29, 0.717) is 26.4 Å². The average Bonchev–Trinajstić information content (AvgIpc) is 3.39. The number of benzene rings is 1. The van der Waals surface area contributed by atoms with Crippen LogP contribution < -0.4 is 19.8 Å². The van der Waals surface area contributed by atoms with Gasteiger partial charge in [0.15, 0.2) is 10.7 Å². The number of thiazole rings is 1. The van der Waals surface area contributed by atoms with E-state index >= 15 is 0 Å². The smallest absolute Gasteiger partial charge is 0.338 e. The van der Waals surface area contributed by atoms with Crippen molar-refractivity contribution >= 4 is 29.3 Å². The molecule has 0 bridgehead atoms. The topological polar surface area (TPSA) is 77.0 Å². The van der Waals surface area contributed by atoms with Gasteiger partial charge in [0.2, 0.25) is 0 Å². The second kappa shape index (κ2) is 9.80. The lowest BCUT2D eigenvalue weighted by Crippen LogP contribution is -2.39. The van der Waals surface area contributed by atoms with E-state index in [1.54, 1.807) is 32.1 Å². The molecule has 0 N–H and O–H groups in total. The number of halogens is 1. The highest BCUT2D eigenvalue weighted by Gasteiger charge is 2.33. The monoisotopic (exact) mass is 483 g/mol. The number of hydrogen-bond acceptors (Lipinski definition) is 7. The predicted molar refractivity (Wildman–Crippen MR) is 129 cm³/mol. The minimum absolute atomic E-state index is 0.184. The van der Waals surface area contributed by atoms with Crippen molar-refractivity contribution in [3.8, 4) is 0 Å². The highest BCUT2D eigenvalue weighted by atomic mass is 32.1. The molecule has 1 atom stereocenters. The second-order valence-electron chi connectivity index (χ2n) is 7.70. The molecule has 7 nitrogen and oxygen atoms in total. The summed E-state index contributed by atoms with van der Waals surface area (Å²) in [5, 5.41) is 0. The van der Waals surface area contributed by atoms with Gasteiger partial charge in [0, 0.05) is 25.2 Å². The molecule has 0 amide bonds. The number of nitrogens with zero attached hydrogens (tertiary/aromatic N) is 3. The molecular formula is C25H26FN3O4S. The lowest BCUT2D eigenvalue weighted by molar-refractivity contribution is -0.139. The minimum atomic E-state index is -0.777. The lowest BCUT2D eigenvalue weighted by Gasteiger charge is -2.24. The summed E-state index contributed by atoms with van der Waals surface area (Å²) >= 11 is 1.21. The fraction of sp³-hybridized carbons (Fsp3) is 0.320. The Hall–Kier alpha value is -3.46. The number of furan rings is 1. The van der Waals surface area contributed by atoms with Crippen molar-refractivity contribution in [2.45, 2.75) is 33.7 Å². The maximum absolute atomic E-state index is 13.6. The van der Waals surface area contributed by atoms with Gasteiger partial charge in [0.25, 0.3) is 5.56 Å². The van der Waals surface area contributed by atoms with Crippen LogP contribution in [-0.2, 0) is 9.53 Å². The Balaban J connectivity index is 1.87. The Morgan fingerprint density at radius 2 is 1.91 bits per heavy atom. The molecule has 0 aliphatic carbocycles. The number of ether oxygens (including phenoxy) is 1. The molecular weight excluding hydrogens is 457 g/mol. The van der Waals surface area contributed by atoms with Gasteiger partial charge < -0.3 is 14.1 Å². The van der Waals surface area contributed by atoms with E-state index in [0.717, 1.165) is 19.0 Å². The summed E-state index contributed by atoms with van der Waals surface area (Å²) in [5.41, 5.74) is 0.998. The summed E-state index contributed by atoms with van der Waals surface area (Å²) in [4.78, 5) is 33.4. The van der Waals surface area contributed by atoms with Gasteiger partial charge in [-0.3, -0.25) is 9.36 Å². The zero-order chi connectivity index (χ0) is 24.4. The zero-order valence-electron chi connectivity index (χ0n) is 19.5. The van der Waals surface area contributed by atoms with E-state index in [4.69, 9.17) is 9.15 Å². The molecule has 1 aliphatic heterocycles. The van der Waals surface area contributed by atoms with Crippen LogP contribution in [0.1, 0.15) is 45.1 Å². The van der Waals surface area contributed by atoms with Crippen molar-refractivity contribution in [2.75, 3.05) is 24.6 Å². The zero-order valence-corrected chi connectivity index (χ0v) is 20.3. The first kappa shape index (κ1) is 23.7. The van der Waals surface area contributed by atoms with Gasteiger partial charge in [-0.05, 0) is 51.5 Å². The van der Waals surface area contributed by atoms with Crippen molar-refractivity contribution in [3.05, 3.63) is 84.5 Å². The summed E-state index contributed by atoms with van der Waals surface area (Å²) in [7, 11) is 0. The van der Waals surface area contributed by atoms with Crippen LogP contribution in [-0.4, -0.2) is 30.2 Å². The van der Waals surface area contributed by atoms with E-state index in [2.05, 4.69) is 9.89 Å². The molecule has 3 heterocycles. The molecule has 0 saturated heterocycles. The Morgan fingerprint density at radius 1 is 1.21 bits per heavy atom. The van der Waals surface area contributed by atoms with Crippen molar-refractivity contribution in [1.82, 2.24) is 4.57 Å². The molecule has 0 radical (unpaired) electrons. The maximum atomic E-state index is 13.6. The lowest BCUT2D eigenvalue weighted by atomic mass is 9.96. The Kier molecular flexibility index (Phi) is 6.83. The Morgan fingerprint density at radius 3 is 2.56 bits per heavy atom. The molecule has 3 aromatic rings. The van der Waals surface area contributed by atoms with Crippen LogP contribution in [0, 0.1) is 5.82 Å². The van der Waals surface area contributed by atoms with E-state index in [1.165, 1.54) is 28.0 Å². The molecule has 0 fully saturated rings. The van der Waals surface area contributed by atoms with Gasteiger partial charge >= 0.3 is 5.97 Å². The molecule has 9 heteroatoms. The van der Waals surface area contributed by atoms with Gasteiger partial charge in [0.1, 0.15) is 11.6 Å². The highest BCUT2D eigenvalue weighted by molar-refractivity contribution is 7.07. The van der Waals surface area contributed by atoms with Gasteiger partial charge in [-0.25, -0.2) is 14.2 Å². The van der Waals surface area contributed by atoms with Crippen molar-refractivity contribution in [3.63, 3.8) is 0 Å². The summed E-state index contributed by atoms with van der Waals surface area (Å²) in [6.45, 7) is 9.31. The van der Waals surface area contributed by atoms with Gasteiger partial charge in [-0.1, -0.05) is 23.5 Å². The van der Waals surface area contributed by atoms with E-state index in [1.807, 2.05) is 26.0 Å². The van der Waals surface area contributed by atoms with E-state index in [-0.39, 0.29) is 17.7 Å². The summed E-state index contributed by atoms with van der Waals surface area (Å²) in [5.74, 6) is 0.319. The molecule has 1 aromatic carbocycles. The molecule has 1 aliphatic rings. The molecule has 0 saturated carbocycles. The summed E-state index contributed by atoms with van der Waals surface area (Å²) in [6.07, 6.45) is 1.68. The summed E-state index contributed by atoms with van der Waals surface area (Å²) < 4.78 is 26.7. The normalized spacial score (nSPS) is 15.8. The third kappa shape index (κ3) is 4.35. The first-order valence-corrected chi connectivity index (χ1v) is 12.0. The van der Waals surface area contributed by atoms with E-state index in [9.17, 15) is 14.0 Å². The fourth-order valence-electron chi connectivity index (χ4n) is 4.01. The van der Waals surface area contributed by atoms with E-state index < -0.39 is 17.8 Å². The maximum Gasteiger partial charge on any atom is 0.338 e. The average molecular weight is 484 g/mol. The number of fused-ring (bicyclic) bond motifs is 1. The van der Waals surface area contributed by atoms with Gasteiger partial charge in [-0.2, -0.15) is 0 Å². The van der Waals surface area contributed by atoms with Crippen LogP contribution in [0.4, 0.5) is 10.3 Å². The predicted octanol–water partition coefficient (Wildman–Crippen LogP) is 3.38. The van der Waals surface area contributed by atoms with Crippen LogP contribution in [0.2, 0.25) is 0 Å². The molecule has 178 valence electrons. The number of anilines is 1. The van der Waals surface area contributed by atoms with Crippen molar-refractivity contribution in [1.29, 1.82) is 0 Å². The quantitative estimate of drug-likeness (QED) is 0.482. The van der Waals surface area contributed by atoms with Crippen molar-refractivity contribution in [2.24, 2.45) is 4.99 Å². The second-order valence-corrected chi connectivity index (χ2v) is 8.71. The van der Waals surface area contributed by atoms with Gasteiger partial charge in [-0.15, -0.1) is 0 Å². The standard InChI is InChI=1S/C25H26FN3O4S/c1-5-28(6-2)20-13-12-18(33-20)14-19-23(30)29-22(16-8-10-17(26)11-9-16)21(24(31)32-7-3)15(4)27-25(29)34-19/h8-14,22H,5-7H2,1-4H3/b19-14-/t22-/m0/s1. The molecule has 34 heavy (non-hydrogen) atoms. The van der Waals surface area contributed by atoms with Crippen molar-refractivity contribution < 1.29 is 18.3 Å². The number of rotatable bonds is 7. The highest BCUT2D eigenvalue weighted by Crippen LogP contribution is 2.30. The van der Waals surface area contributed by atoms with Crippen LogP contribution in [0.15, 0.2) is 61.9 Å². The number of carbonyl (C=O) groups excluding carboxylic acids is 1. The van der Waals surface area contributed by atoms with Crippen LogP contribution >= 0.6 is 11.3 Å². The SMILES string of the molecule is CCOC(=O)C1=C(C)N=c2s/c(=C\c3ccc(N(CC)CC)o3)c(=O)n2[C@H]1c1ccc(F)cc1. The largest absolute Gasteiger partial charge is 0.463 e. The number of carbonyl (C=O) groups is 1. The molecule has 0 spiro atoms. The Bertz CT molecular complexity index is 1410. The first-order valence-electron chi connectivity index (χ1n) is 11.2. The first-order chi connectivity index (χ1) is 16.4. The number of aromatic nitrogens is 1. The number of esters is 1. The fourth-order valence-corrected chi connectivity index (χ4v) is 5.03. The van der Waals surface area contributed by atoms with Crippen LogP contribution in [0.3, 0.4) is 0 Å².